The van der Waals surface area contributed by atoms with Crippen LogP contribution in [0.2, 0.25) is 0 Å². The van der Waals surface area contributed by atoms with Crippen LogP contribution >= 0.6 is 0 Å². The second kappa shape index (κ2) is 26.2. The predicted molar refractivity (Wildman–Crippen MR) is 265 cm³/mol. The third-order valence-electron chi connectivity index (χ3n) is 13.5. The summed E-state index contributed by atoms with van der Waals surface area (Å²) in [5.74, 6) is -3.86. The van der Waals surface area contributed by atoms with Crippen molar-refractivity contribution in [2.24, 2.45) is 34.6 Å². The highest BCUT2D eigenvalue weighted by Crippen LogP contribution is 2.31. The number of amidine groups is 1. The number of aromatic nitrogens is 3. The number of likely N-dealkylation sites (tertiary alicyclic amines) is 1. The topological polar surface area (TPSA) is 223 Å². The van der Waals surface area contributed by atoms with Crippen molar-refractivity contribution in [2.75, 3.05) is 47.7 Å². The van der Waals surface area contributed by atoms with Gasteiger partial charge in [-0.2, -0.15) is 0 Å². The minimum atomic E-state index is -4.16. The maximum absolute atomic E-state index is 14.5. The number of methoxy groups -OCH3 is 2. The molecule has 19 nitrogen and oxygen atoms in total. The number of aliphatic imine (C=N–C) groups is 1. The molecule has 1 fully saturated rings. The number of likely N-dealkylation sites (N-methyl/N-ethyl adjacent to an activating group) is 1. The Morgan fingerprint density at radius 3 is 2.17 bits per heavy atom. The van der Waals surface area contributed by atoms with Gasteiger partial charge in [0.2, 0.25) is 27.7 Å². The van der Waals surface area contributed by atoms with Crippen molar-refractivity contribution in [1.82, 2.24) is 39.3 Å². The van der Waals surface area contributed by atoms with Crippen molar-refractivity contribution in [2.45, 2.75) is 137 Å². The van der Waals surface area contributed by atoms with E-state index < -0.39 is 75.7 Å². The number of sulfonamides is 1. The highest BCUT2D eigenvalue weighted by atomic mass is 32.2. The SMILES string of the molecule is CC[C@H](C)C([C@@H](CC(=O)N1CCC[C@H]1[C@H](OC)[C@@H](C)C(=O)C[C@@H](Cc1ccccc1)C(=O)NS(=O)(=O)CCCn1cc(CN2C(=O)C=CC2=O)nn1)OC)N(C)C(=O)[C@@H](N=C(C(C)C)N(C)C)C(C)C. The van der Waals surface area contributed by atoms with Crippen LogP contribution in [0.25, 0.3) is 0 Å². The number of carbonyl (C=O) groups excluding carboxylic acids is 6. The number of hydrogen-bond donors (Lipinski definition) is 1. The zero-order chi connectivity index (χ0) is 52.0. The molecule has 2 aliphatic rings. The van der Waals surface area contributed by atoms with Crippen LogP contribution in [-0.4, -0.2) is 162 Å². The second-order valence-corrected chi connectivity index (χ2v) is 21.4. The Bertz CT molecular complexity index is 2250. The van der Waals surface area contributed by atoms with Crippen LogP contribution in [0.3, 0.4) is 0 Å². The van der Waals surface area contributed by atoms with Crippen molar-refractivity contribution >= 4 is 51.2 Å². The van der Waals surface area contributed by atoms with Gasteiger partial charge in [0.25, 0.3) is 11.8 Å². The molecule has 2 aromatic rings. The van der Waals surface area contributed by atoms with E-state index in [9.17, 15) is 37.2 Å². The molecule has 1 saturated heterocycles. The molecule has 0 aliphatic carbocycles. The van der Waals surface area contributed by atoms with Crippen molar-refractivity contribution in [1.29, 1.82) is 0 Å². The highest BCUT2D eigenvalue weighted by molar-refractivity contribution is 7.90. The standard InChI is InChI=1S/C50H77N9O10S/c1-13-34(6)46(56(10)50(65)45(32(2)3)51-48(33(4)5)55(8)9)41(68-11)29-44(63)58-25-17-21-39(58)47(69-12)35(7)40(60)28-37(27-36-19-15-14-16-20-36)49(64)53-70(66,67)26-18-24-57-30-38(52-54-57)31-59-42(61)22-23-43(59)62/h14-16,19-20,22-23,30,32-35,37,39,41,45-47H,13,17-18,21,24-29,31H2,1-12H3,(H,53,64)/t34-,35-,37+,39-,41+,45-,46?,47+/m0/s1. The van der Waals surface area contributed by atoms with E-state index >= 15 is 0 Å². The number of hydrogen-bond acceptors (Lipinski definition) is 13. The van der Waals surface area contributed by atoms with Crippen LogP contribution in [0, 0.1) is 29.6 Å². The van der Waals surface area contributed by atoms with Gasteiger partial charge in [0.1, 0.15) is 23.4 Å². The van der Waals surface area contributed by atoms with Gasteiger partial charge in [-0.15, -0.1) is 5.10 Å². The number of ketones is 1. The number of amides is 5. The fourth-order valence-corrected chi connectivity index (χ4v) is 10.6. The summed E-state index contributed by atoms with van der Waals surface area (Å²) >= 11 is 0. The maximum atomic E-state index is 14.5. The van der Waals surface area contributed by atoms with Gasteiger partial charge in [0, 0.05) is 84.8 Å². The van der Waals surface area contributed by atoms with Gasteiger partial charge in [-0.25, -0.2) is 8.42 Å². The zero-order valence-electron chi connectivity index (χ0n) is 43.2. The zero-order valence-corrected chi connectivity index (χ0v) is 44.1. The van der Waals surface area contributed by atoms with E-state index in [0.29, 0.717) is 25.1 Å². The maximum Gasteiger partial charge on any atom is 0.253 e. The van der Waals surface area contributed by atoms with Gasteiger partial charge in [-0.3, -0.25) is 48.1 Å². The van der Waals surface area contributed by atoms with Crippen molar-refractivity contribution in [3.05, 3.63) is 59.9 Å². The molecule has 0 radical (unpaired) electrons. The lowest BCUT2D eigenvalue weighted by Gasteiger charge is -2.40. The van der Waals surface area contributed by atoms with Gasteiger partial charge < -0.3 is 24.2 Å². The quantitative estimate of drug-likeness (QED) is 0.0763. The van der Waals surface area contributed by atoms with E-state index in [4.69, 9.17) is 14.5 Å². The fraction of sp³-hybridized carbons (Fsp3) is 0.660. The first kappa shape index (κ1) is 57.2. The van der Waals surface area contributed by atoms with Gasteiger partial charge >= 0.3 is 0 Å². The fourth-order valence-electron chi connectivity index (χ4n) is 9.52. The van der Waals surface area contributed by atoms with Crippen molar-refractivity contribution in [3.8, 4) is 0 Å². The summed E-state index contributed by atoms with van der Waals surface area (Å²) in [4.78, 5) is 92.2. The molecule has 388 valence electrons. The Hall–Kier alpha value is -5.34. The lowest BCUT2D eigenvalue weighted by molar-refractivity contribution is -0.146. The Morgan fingerprint density at radius 1 is 0.943 bits per heavy atom. The van der Waals surface area contributed by atoms with Crippen molar-refractivity contribution < 1.29 is 46.7 Å². The number of nitrogens with zero attached hydrogens (tertiary/aromatic N) is 8. The largest absolute Gasteiger partial charge is 0.379 e. The van der Waals surface area contributed by atoms with Crippen LogP contribution in [0.15, 0.2) is 53.7 Å². The molecule has 20 heteroatoms. The van der Waals surface area contributed by atoms with Crippen molar-refractivity contribution in [3.63, 3.8) is 0 Å². The van der Waals surface area contributed by atoms with Crippen LogP contribution in [0.4, 0.5) is 0 Å². The monoisotopic (exact) mass is 996 g/mol. The molecule has 1 aromatic carbocycles. The second-order valence-electron chi connectivity index (χ2n) is 19.6. The molecule has 0 saturated carbocycles. The van der Waals surface area contributed by atoms with E-state index in [1.807, 2.05) is 66.6 Å². The van der Waals surface area contributed by atoms with Crippen LogP contribution in [0.1, 0.15) is 98.2 Å². The predicted octanol–water partition coefficient (Wildman–Crippen LogP) is 3.92. The van der Waals surface area contributed by atoms with Gasteiger partial charge in [-0.1, -0.05) is 90.4 Å². The number of carbonyl (C=O) groups is 6. The minimum Gasteiger partial charge on any atom is -0.379 e. The van der Waals surface area contributed by atoms with E-state index in [0.717, 1.165) is 22.7 Å². The Labute approximate surface area is 414 Å². The van der Waals surface area contributed by atoms with Crippen LogP contribution < -0.4 is 4.72 Å². The lowest BCUT2D eigenvalue weighted by atomic mass is 9.85. The molecular formula is C50H77N9O10S. The summed E-state index contributed by atoms with van der Waals surface area (Å²) < 4.78 is 42.3. The molecule has 5 amide bonds. The summed E-state index contributed by atoms with van der Waals surface area (Å²) in [5, 5.41) is 7.94. The number of Topliss-reactive ketones (excluding diaryl/α,β-unsaturated/α-hetero) is 1. The summed E-state index contributed by atoms with van der Waals surface area (Å²) in [6, 6.07) is 7.46. The molecule has 1 aromatic heterocycles. The number of nitrogens with one attached hydrogen (secondary N) is 1. The van der Waals surface area contributed by atoms with Crippen LogP contribution in [0.5, 0.6) is 0 Å². The Morgan fingerprint density at radius 2 is 1.60 bits per heavy atom. The smallest absolute Gasteiger partial charge is 0.253 e. The summed E-state index contributed by atoms with van der Waals surface area (Å²) in [6.45, 7) is 14.3. The average Bonchev–Trinajstić information content (AvgIpc) is 4.06. The third kappa shape index (κ3) is 15.3. The normalized spacial score (nSPS) is 18.5. The molecular weight excluding hydrogens is 919 g/mol. The number of aryl methyl sites for hydroxylation is 1. The number of ether oxygens (including phenoxy) is 2. The highest BCUT2D eigenvalue weighted by Gasteiger charge is 2.43. The number of imide groups is 1. The summed E-state index contributed by atoms with van der Waals surface area (Å²) in [5.41, 5.74) is 1.08. The number of benzene rings is 1. The molecule has 8 atom stereocenters. The molecule has 0 bridgehead atoms. The van der Waals surface area contributed by atoms with E-state index in [1.54, 1.807) is 55.1 Å². The number of rotatable bonds is 27. The average molecular weight is 996 g/mol. The Balaban J connectivity index is 1.45. The molecule has 1 unspecified atom stereocenters. The molecule has 1 N–H and O–H groups in total. The lowest BCUT2D eigenvalue weighted by Crippen LogP contribution is -2.54. The molecule has 70 heavy (non-hydrogen) atoms. The first-order chi connectivity index (χ1) is 33.0. The summed E-state index contributed by atoms with van der Waals surface area (Å²) in [6.07, 6.45) is 4.29. The van der Waals surface area contributed by atoms with E-state index in [1.165, 1.54) is 30.1 Å². The molecule has 2 aliphatic heterocycles. The van der Waals surface area contributed by atoms with Gasteiger partial charge in [0.15, 0.2) is 0 Å². The third-order valence-corrected chi connectivity index (χ3v) is 14.8. The summed E-state index contributed by atoms with van der Waals surface area (Å²) in [7, 11) is 4.49. The first-order valence-electron chi connectivity index (χ1n) is 24.4. The molecule has 3 heterocycles. The van der Waals surface area contributed by atoms with Crippen LogP contribution in [-0.2, 0) is 67.8 Å². The molecule has 4 rings (SSSR count). The van der Waals surface area contributed by atoms with E-state index in [2.05, 4.69) is 15.0 Å². The first-order valence-corrected chi connectivity index (χ1v) is 26.1. The Kier molecular flexibility index (Phi) is 21.4. The van der Waals surface area contributed by atoms with Gasteiger partial charge in [-0.05, 0) is 43.1 Å². The molecule has 0 spiro atoms. The van der Waals surface area contributed by atoms with E-state index in [-0.39, 0.29) is 74.1 Å². The minimum absolute atomic E-state index is 0.0163. The van der Waals surface area contributed by atoms with Gasteiger partial charge in [0.05, 0.1) is 49.2 Å².